The largest absolute Gasteiger partial charge is 0.457 e. The van der Waals surface area contributed by atoms with Gasteiger partial charge in [-0.2, -0.15) is 0 Å². The number of furan rings is 1. The van der Waals surface area contributed by atoms with Gasteiger partial charge in [0.25, 0.3) is 11.5 Å². The van der Waals surface area contributed by atoms with Crippen LogP contribution in [0.5, 0.6) is 0 Å². The molecule has 0 unspecified atom stereocenters. The summed E-state index contributed by atoms with van der Waals surface area (Å²) in [5, 5.41) is 10.8. The summed E-state index contributed by atoms with van der Waals surface area (Å²) in [6.45, 7) is 2.90. The summed E-state index contributed by atoms with van der Waals surface area (Å²) in [4.78, 5) is 34.2. The molecule has 0 atom stereocenters. The Morgan fingerprint density at radius 2 is 1.76 bits per heavy atom. The van der Waals surface area contributed by atoms with Gasteiger partial charge in [0.2, 0.25) is 0 Å². The molecular weight excluding hydrogens is 330 g/mol. The molecule has 1 aliphatic heterocycles. The highest BCUT2D eigenvalue weighted by molar-refractivity contribution is 6.18. The molecule has 1 aliphatic rings. The lowest BCUT2D eigenvalue weighted by atomic mass is 10.1. The number of hydrogen-bond acceptors (Lipinski definition) is 7. The number of benzene rings is 1. The third-order valence-electron chi connectivity index (χ3n) is 3.37. The minimum absolute atomic E-state index is 0.0736. The average Bonchev–Trinajstić information content (AvgIpc) is 2.99. The number of rotatable bonds is 3. The smallest absolute Gasteiger partial charge is 0.348 e. The maximum Gasteiger partial charge on any atom is 0.348 e. The fourth-order valence-corrected chi connectivity index (χ4v) is 2.28. The summed E-state index contributed by atoms with van der Waals surface area (Å²) >= 11 is 0. The van der Waals surface area contributed by atoms with Crippen molar-refractivity contribution in [3.63, 3.8) is 0 Å². The van der Waals surface area contributed by atoms with Crippen molar-refractivity contribution in [1.29, 1.82) is 0 Å². The van der Waals surface area contributed by atoms with Crippen LogP contribution in [-0.4, -0.2) is 22.6 Å². The fraction of sp³-hybridized carbons (Fsp3) is 0.176. The minimum Gasteiger partial charge on any atom is -0.457 e. The Bertz CT molecular complexity index is 885. The van der Waals surface area contributed by atoms with Gasteiger partial charge in [-0.3, -0.25) is 10.1 Å². The summed E-state index contributed by atoms with van der Waals surface area (Å²) in [5.74, 6) is -2.37. The quantitative estimate of drug-likeness (QED) is 0.277. The van der Waals surface area contributed by atoms with Crippen molar-refractivity contribution in [2.24, 2.45) is 0 Å². The van der Waals surface area contributed by atoms with E-state index in [1.54, 1.807) is 12.1 Å². The number of nitro groups is 1. The molecule has 8 nitrogen and oxygen atoms in total. The molecule has 0 bridgehead atoms. The molecule has 128 valence electrons. The van der Waals surface area contributed by atoms with Crippen LogP contribution in [0.25, 0.3) is 17.4 Å². The van der Waals surface area contributed by atoms with Gasteiger partial charge in [-0.05, 0) is 12.1 Å². The van der Waals surface area contributed by atoms with Gasteiger partial charge in [0, 0.05) is 37.6 Å². The third-order valence-corrected chi connectivity index (χ3v) is 3.37. The molecule has 0 aliphatic carbocycles. The van der Waals surface area contributed by atoms with Crippen LogP contribution < -0.4 is 0 Å². The highest BCUT2D eigenvalue weighted by Crippen LogP contribution is 2.28. The van der Waals surface area contributed by atoms with Crippen molar-refractivity contribution >= 4 is 23.7 Å². The van der Waals surface area contributed by atoms with Gasteiger partial charge in [0.1, 0.15) is 17.1 Å². The molecular formula is C17H13NO7. The Morgan fingerprint density at radius 1 is 1.08 bits per heavy atom. The molecule has 0 amide bonds. The average molecular weight is 343 g/mol. The van der Waals surface area contributed by atoms with E-state index in [9.17, 15) is 19.7 Å². The molecule has 1 saturated heterocycles. The number of non-ortho nitro benzene ring substituents is 1. The molecule has 1 aromatic heterocycles. The van der Waals surface area contributed by atoms with E-state index in [0.717, 1.165) is 0 Å². The summed E-state index contributed by atoms with van der Waals surface area (Å²) < 4.78 is 15.5. The van der Waals surface area contributed by atoms with Crippen LogP contribution in [-0.2, 0) is 19.1 Å². The standard InChI is InChI=1S/C17H13NO7/c1-17(2)24-15(19)13(16(20)25-17)9-12-6-7-14(23-12)10-4-3-5-11(8-10)18(21)22/h3-9H,1-2H3. The van der Waals surface area contributed by atoms with E-state index >= 15 is 0 Å². The van der Waals surface area contributed by atoms with Crippen molar-refractivity contribution in [1.82, 2.24) is 0 Å². The fourth-order valence-electron chi connectivity index (χ4n) is 2.28. The van der Waals surface area contributed by atoms with Crippen molar-refractivity contribution in [3.05, 3.63) is 57.8 Å². The Kier molecular flexibility index (Phi) is 3.88. The van der Waals surface area contributed by atoms with Gasteiger partial charge >= 0.3 is 11.9 Å². The molecule has 1 aromatic carbocycles. The van der Waals surface area contributed by atoms with Gasteiger partial charge in [-0.15, -0.1) is 0 Å². The number of hydrogen-bond donors (Lipinski definition) is 0. The zero-order chi connectivity index (χ0) is 18.2. The first-order valence-electron chi connectivity index (χ1n) is 7.28. The van der Waals surface area contributed by atoms with E-state index in [4.69, 9.17) is 13.9 Å². The number of esters is 2. The topological polar surface area (TPSA) is 109 Å². The van der Waals surface area contributed by atoms with Crippen molar-refractivity contribution in [2.45, 2.75) is 19.6 Å². The van der Waals surface area contributed by atoms with Gasteiger partial charge in [-0.1, -0.05) is 12.1 Å². The Hall–Kier alpha value is -3.42. The number of cyclic esters (lactones) is 2. The molecule has 0 radical (unpaired) electrons. The summed E-state index contributed by atoms with van der Waals surface area (Å²) in [6, 6.07) is 9.02. The van der Waals surface area contributed by atoms with Crippen LogP contribution in [0.3, 0.4) is 0 Å². The van der Waals surface area contributed by atoms with Crippen molar-refractivity contribution < 1.29 is 28.4 Å². The Labute approximate surface area is 141 Å². The highest BCUT2D eigenvalue weighted by Gasteiger charge is 2.39. The van der Waals surface area contributed by atoms with Gasteiger partial charge in [-0.25, -0.2) is 9.59 Å². The first-order valence-corrected chi connectivity index (χ1v) is 7.28. The third kappa shape index (κ3) is 3.42. The number of ether oxygens (including phenoxy) is 2. The predicted octanol–water partition coefficient (Wildman–Crippen LogP) is 3.07. The molecule has 0 N–H and O–H groups in total. The number of carbonyl (C=O) groups excluding carboxylic acids is 2. The van der Waals surface area contributed by atoms with E-state index in [1.165, 1.54) is 44.2 Å². The van der Waals surface area contributed by atoms with E-state index in [0.29, 0.717) is 11.3 Å². The van der Waals surface area contributed by atoms with Crippen LogP contribution in [0.2, 0.25) is 0 Å². The lowest BCUT2D eigenvalue weighted by molar-refractivity contribution is -0.384. The van der Waals surface area contributed by atoms with Crippen LogP contribution in [0.4, 0.5) is 5.69 Å². The molecule has 0 saturated carbocycles. The normalized spacial score (nSPS) is 16.2. The molecule has 0 spiro atoms. The summed E-state index contributed by atoms with van der Waals surface area (Å²) in [5.41, 5.74) is 0.128. The molecule has 2 heterocycles. The van der Waals surface area contributed by atoms with Gasteiger partial charge < -0.3 is 13.9 Å². The van der Waals surface area contributed by atoms with Crippen LogP contribution in [0.1, 0.15) is 19.6 Å². The maximum absolute atomic E-state index is 11.9. The van der Waals surface area contributed by atoms with E-state index in [-0.39, 0.29) is 17.0 Å². The molecule has 8 heteroatoms. The molecule has 2 aromatic rings. The van der Waals surface area contributed by atoms with Gasteiger partial charge in [0.05, 0.1) is 4.92 Å². The van der Waals surface area contributed by atoms with Crippen molar-refractivity contribution in [3.8, 4) is 11.3 Å². The maximum atomic E-state index is 11.9. The second kappa shape index (κ2) is 5.90. The number of carbonyl (C=O) groups is 2. The number of nitro benzene ring substituents is 1. The monoisotopic (exact) mass is 343 g/mol. The SMILES string of the molecule is CC1(C)OC(=O)C(=Cc2ccc(-c3cccc([N+](=O)[O-])c3)o2)C(=O)O1. The van der Waals surface area contributed by atoms with E-state index in [2.05, 4.69) is 0 Å². The first kappa shape index (κ1) is 16.4. The Morgan fingerprint density at radius 3 is 2.40 bits per heavy atom. The highest BCUT2D eigenvalue weighted by atomic mass is 16.7. The van der Waals surface area contributed by atoms with E-state index in [1.807, 2.05) is 0 Å². The van der Waals surface area contributed by atoms with Gasteiger partial charge in [0.15, 0.2) is 0 Å². The van der Waals surface area contributed by atoms with Crippen LogP contribution in [0, 0.1) is 10.1 Å². The summed E-state index contributed by atoms with van der Waals surface area (Å²) in [6.07, 6.45) is 1.21. The predicted molar refractivity (Wildman–Crippen MR) is 85.0 cm³/mol. The zero-order valence-electron chi connectivity index (χ0n) is 13.3. The number of nitrogens with zero attached hydrogens (tertiary/aromatic N) is 1. The first-order chi connectivity index (χ1) is 11.7. The zero-order valence-corrected chi connectivity index (χ0v) is 13.3. The lowest BCUT2D eigenvalue weighted by Gasteiger charge is -2.29. The molecule has 25 heavy (non-hydrogen) atoms. The van der Waals surface area contributed by atoms with Crippen molar-refractivity contribution in [2.75, 3.05) is 0 Å². The summed E-state index contributed by atoms with van der Waals surface area (Å²) in [7, 11) is 0. The second-order valence-electron chi connectivity index (χ2n) is 5.75. The molecule has 3 rings (SSSR count). The minimum atomic E-state index is -1.32. The van der Waals surface area contributed by atoms with Crippen LogP contribution in [0.15, 0.2) is 46.4 Å². The van der Waals surface area contributed by atoms with E-state index < -0.39 is 22.6 Å². The lowest BCUT2D eigenvalue weighted by Crippen LogP contribution is -2.41. The second-order valence-corrected chi connectivity index (χ2v) is 5.75. The molecule has 1 fully saturated rings. The Balaban J connectivity index is 1.89. The van der Waals surface area contributed by atoms with Crippen LogP contribution >= 0.6 is 0 Å².